The minimum absolute atomic E-state index is 0.0349. The summed E-state index contributed by atoms with van der Waals surface area (Å²) in [6, 6.07) is 5.43. The van der Waals surface area contributed by atoms with E-state index in [1.807, 2.05) is 6.07 Å². The summed E-state index contributed by atoms with van der Waals surface area (Å²) in [5.41, 5.74) is 2.99. The topological polar surface area (TPSA) is 92.4 Å². The van der Waals surface area contributed by atoms with Gasteiger partial charge in [0.05, 0.1) is 12.1 Å². The average molecular weight is 272 g/mol. The lowest BCUT2D eigenvalue weighted by Gasteiger charge is -2.00. The van der Waals surface area contributed by atoms with Crippen LogP contribution in [0.3, 0.4) is 0 Å². The molecule has 6 heteroatoms. The normalized spacial score (nSPS) is 13.2. The number of carbonyl (C=O) groups is 2. The molecule has 102 valence electrons. The van der Waals surface area contributed by atoms with E-state index in [1.165, 1.54) is 0 Å². The van der Waals surface area contributed by atoms with Crippen LogP contribution in [0.5, 0.6) is 0 Å². The summed E-state index contributed by atoms with van der Waals surface area (Å²) in [6.07, 6.45) is 0.147. The maximum absolute atomic E-state index is 11.3. The number of aryl methyl sites for hydroxylation is 1. The minimum atomic E-state index is -0.959. The third-order valence-electron chi connectivity index (χ3n) is 3.18. The molecule has 6 nitrogen and oxygen atoms in total. The first kappa shape index (κ1) is 12.4. The van der Waals surface area contributed by atoms with Gasteiger partial charge in [0.25, 0.3) is 0 Å². The fourth-order valence-corrected chi connectivity index (χ4v) is 2.22. The summed E-state index contributed by atoms with van der Waals surface area (Å²) in [4.78, 5) is 26.3. The van der Waals surface area contributed by atoms with Crippen molar-refractivity contribution in [2.45, 2.75) is 19.8 Å². The molecule has 0 radical (unpaired) electrons. The van der Waals surface area contributed by atoms with E-state index < -0.39 is 5.97 Å². The first-order valence-corrected chi connectivity index (χ1v) is 6.14. The van der Waals surface area contributed by atoms with E-state index in [-0.39, 0.29) is 12.3 Å². The number of nitrogens with zero attached hydrogens (tertiary/aromatic N) is 1. The number of oxazole rings is 1. The molecule has 2 aromatic rings. The third kappa shape index (κ3) is 2.16. The zero-order valence-corrected chi connectivity index (χ0v) is 10.8. The second-order valence-corrected chi connectivity index (χ2v) is 4.69. The summed E-state index contributed by atoms with van der Waals surface area (Å²) in [5.74, 6) is -0.269. The second kappa shape index (κ2) is 4.48. The Balaban J connectivity index is 1.96. The summed E-state index contributed by atoms with van der Waals surface area (Å²) in [5, 5.41) is 11.5. The van der Waals surface area contributed by atoms with Crippen molar-refractivity contribution in [1.29, 1.82) is 0 Å². The van der Waals surface area contributed by atoms with E-state index in [2.05, 4.69) is 10.3 Å². The smallest absolute Gasteiger partial charge is 0.311 e. The molecule has 0 fully saturated rings. The Labute approximate surface area is 114 Å². The monoisotopic (exact) mass is 272 g/mol. The molecule has 1 aromatic carbocycles. The molecule has 1 aromatic heterocycles. The maximum atomic E-state index is 11.3. The predicted molar refractivity (Wildman–Crippen MR) is 70.3 cm³/mol. The van der Waals surface area contributed by atoms with Crippen LogP contribution in [-0.2, 0) is 22.4 Å². The van der Waals surface area contributed by atoms with Crippen molar-refractivity contribution in [3.8, 4) is 11.5 Å². The van der Waals surface area contributed by atoms with Gasteiger partial charge in [-0.25, -0.2) is 4.98 Å². The standard InChI is InChI=1S/C14H12N2O4/c1-7-11(6-13(18)19)20-14(15-7)8-2-3-10-9(4-8)5-12(17)16-10/h2-4H,5-6H2,1H3,(H,16,17)(H,18,19). The molecule has 0 bridgehead atoms. The van der Waals surface area contributed by atoms with Crippen molar-refractivity contribution < 1.29 is 19.1 Å². The van der Waals surface area contributed by atoms with Crippen LogP contribution in [0.25, 0.3) is 11.5 Å². The van der Waals surface area contributed by atoms with Crippen LogP contribution >= 0.6 is 0 Å². The Hall–Kier alpha value is -2.63. The minimum Gasteiger partial charge on any atom is -0.481 e. The van der Waals surface area contributed by atoms with E-state index >= 15 is 0 Å². The van der Waals surface area contributed by atoms with Gasteiger partial charge in [0, 0.05) is 11.3 Å². The van der Waals surface area contributed by atoms with Gasteiger partial charge in [-0.15, -0.1) is 0 Å². The molecule has 1 amide bonds. The Bertz CT molecular complexity index is 718. The van der Waals surface area contributed by atoms with Gasteiger partial charge in [0.15, 0.2) is 0 Å². The number of hydrogen-bond donors (Lipinski definition) is 2. The number of amides is 1. The van der Waals surface area contributed by atoms with Gasteiger partial charge in [-0.1, -0.05) is 0 Å². The molecule has 2 N–H and O–H groups in total. The largest absolute Gasteiger partial charge is 0.481 e. The van der Waals surface area contributed by atoms with Crippen molar-refractivity contribution in [3.63, 3.8) is 0 Å². The number of benzene rings is 1. The van der Waals surface area contributed by atoms with Crippen molar-refractivity contribution in [2.75, 3.05) is 5.32 Å². The van der Waals surface area contributed by atoms with Gasteiger partial charge < -0.3 is 14.8 Å². The molecule has 0 unspecified atom stereocenters. The maximum Gasteiger partial charge on any atom is 0.311 e. The Morgan fingerprint density at radius 1 is 1.50 bits per heavy atom. The van der Waals surface area contributed by atoms with Gasteiger partial charge in [-0.2, -0.15) is 0 Å². The molecule has 1 aliphatic rings. The number of aromatic nitrogens is 1. The molecule has 0 spiro atoms. The fourth-order valence-electron chi connectivity index (χ4n) is 2.22. The van der Waals surface area contributed by atoms with Crippen LogP contribution in [0.1, 0.15) is 17.0 Å². The number of hydrogen-bond acceptors (Lipinski definition) is 4. The van der Waals surface area contributed by atoms with Gasteiger partial charge in [0.2, 0.25) is 11.8 Å². The Morgan fingerprint density at radius 2 is 2.30 bits per heavy atom. The molecule has 0 saturated carbocycles. The number of fused-ring (bicyclic) bond motifs is 1. The zero-order valence-electron chi connectivity index (χ0n) is 10.8. The number of carbonyl (C=O) groups excluding carboxylic acids is 1. The van der Waals surface area contributed by atoms with E-state index in [9.17, 15) is 9.59 Å². The first-order chi connectivity index (χ1) is 9.52. The van der Waals surface area contributed by atoms with Crippen molar-refractivity contribution in [3.05, 3.63) is 35.2 Å². The Kier molecular flexibility index (Phi) is 2.78. The van der Waals surface area contributed by atoms with Crippen LogP contribution in [0.15, 0.2) is 22.6 Å². The summed E-state index contributed by atoms with van der Waals surface area (Å²) < 4.78 is 5.50. The first-order valence-electron chi connectivity index (χ1n) is 6.14. The molecule has 0 saturated heterocycles. The lowest BCUT2D eigenvalue weighted by atomic mass is 10.1. The van der Waals surface area contributed by atoms with E-state index in [1.54, 1.807) is 19.1 Å². The van der Waals surface area contributed by atoms with E-state index in [4.69, 9.17) is 9.52 Å². The molecule has 1 aliphatic heterocycles. The lowest BCUT2D eigenvalue weighted by Crippen LogP contribution is -2.03. The summed E-state index contributed by atoms with van der Waals surface area (Å²) in [6.45, 7) is 1.71. The molecule has 0 aliphatic carbocycles. The summed E-state index contributed by atoms with van der Waals surface area (Å²) >= 11 is 0. The van der Waals surface area contributed by atoms with Crippen LogP contribution in [0.4, 0.5) is 5.69 Å². The molecular formula is C14H12N2O4. The van der Waals surface area contributed by atoms with Gasteiger partial charge in [-0.3, -0.25) is 9.59 Å². The quantitative estimate of drug-likeness (QED) is 0.888. The van der Waals surface area contributed by atoms with Gasteiger partial charge >= 0.3 is 5.97 Å². The highest BCUT2D eigenvalue weighted by molar-refractivity contribution is 5.99. The van der Waals surface area contributed by atoms with Crippen LogP contribution in [0, 0.1) is 6.92 Å². The van der Waals surface area contributed by atoms with Crippen LogP contribution in [-0.4, -0.2) is 22.0 Å². The van der Waals surface area contributed by atoms with Crippen LogP contribution in [0.2, 0.25) is 0 Å². The lowest BCUT2D eigenvalue weighted by molar-refractivity contribution is -0.136. The zero-order chi connectivity index (χ0) is 14.3. The second-order valence-electron chi connectivity index (χ2n) is 4.69. The number of aliphatic carboxylic acids is 1. The van der Waals surface area contributed by atoms with Gasteiger partial charge in [-0.05, 0) is 30.7 Å². The number of nitrogens with one attached hydrogen (secondary N) is 1. The average Bonchev–Trinajstić information content (AvgIpc) is 2.90. The number of carboxylic acid groups (broad SMARTS) is 1. The van der Waals surface area contributed by atoms with E-state index in [0.29, 0.717) is 23.8 Å². The van der Waals surface area contributed by atoms with Crippen LogP contribution < -0.4 is 5.32 Å². The molecule has 0 atom stereocenters. The highest BCUT2D eigenvalue weighted by atomic mass is 16.4. The molecular weight excluding hydrogens is 260 g/mol. The number of rotatable bonds is 3. The predicted octanol–water partition coefficient (Wildman–Crippen LogP) is 1.77. The highest BCUT2D eigenvalue weighted by Gasteiger charge is 2.20. The molecule has 20 heavy (non-hydrogen) atoms. The van der Waals surface area contributed by atoms with Gasteiger partial charge in [0.1, 0.15) is 12.2 Å². The fraction of sp³-hybridized carbons (Fsp3) is 0.214. The number of anilines is 1. The van der Waals surface area contributed by atoms with Crippen molar-refractivity contribution in [1.82, 2.24) is 4.98 Å². The number of carboxylic acids is 1. The molecule has 2 heterocycles. The Morgan fingerprint density at radius 3 is 3.05 bits per heavy atom. The van der Waals surface area contributed by atoms with E-state index in [0.717, 1.165) is 16.8 Å². The van der Waals surface area contributed by atoms with Crippen molar-refractivity contribution in [2.24, 2.45) is 0 Å². The summed E-state index contributed by atoms with van der Waals surface area (Å²) in [7, 11) is 0. The van der Waals surface area contributed by atoms with Crippen molar-refractivity contribution >= 4 is 17.6 Å². The third-order valence-corrected chi connectivity index (χ3v) is 3.18. The highest BCUT2D eigenvalue weighted by Crippen LogP contribution is 2.29. The SMILES string of the molecule is Cc1nc(-c2ccc3c(c2)CC(=O)N3)oc1CC(=O)O. The molecule has 3 rings (SSSR count).